The van der Waals surface area contributed by atoms with Gasteiger partial charge in [0, 0.05) is 25.7 Å². The molecule has 0 aromatic rings. The number of phosphoric ester groups is 2. The van der Waals surface area contributed by atoms with Crippen molar-refractivity contribution in [2.45, 2.75) is 356 Å². The van der Waals surface area contributed by atoms with Gasteiger partial charge in [0.2, 0.25) is 0 Å². The van der Waals surface area contributed by atoms with Crippen molar-refractivity contribution in [2.75, 3.05) is 39.6 Å². The molecular formula is C69H134O17P2. The van der Waals surface area contributed by atoms with E-state index in [2.05, 4.69) is 55.4 Å². The summed E-state index contributed by atoms with van der Waals surface area (Å²) in [6.07, 6.45) is 40.3. The Morgan fingerprint density at radius 1 is 0.318 bits per heavy atom. The summed E-state index contributed by atoms with van der Waals surface area (Å²) in [5.41, 5.74) is 0. The predicted molar refractivity (Wildman–Crippen MR) is 354 cm³/mol. The van der Waals surface area contributed by atoms with Crippen molar-refractivity contribution in [1.29, 1.82) is 0 Å². The molecule has 5 unspecified atom stereocenters. The van der Waals surface area contributed by atoms with Crippen molar-refractivity contribution in [1.82, 2.24) is 0 Å². The average Bonchev–Trinajstić information content (AvgIpc) is 3.56. The molecule has 0 saturated heterocycles. The van der Waals surface area contributed by atoms with Crippen LogP contribution in [0.1, 0.15) is 338 Å². The van der Waals surface area contributed by atoms with Gasteiger partial charge in [-0.3, -0.25) is 37.3 Å². The van der Waals surface area contributed by atoms with E-state index < -0.39 is 97.5 Å². The normalized spacial score (nSPS) is 15.2. The van der Waals surface area contributed by atoms with Crippen LogP contribution in [0.15, 0.2) is 0 Å². The molecule has 0 aromatic carbocycles. The number of unbranched alkanes of at least 4 members (excludes halogenated alkanes) is 29. The zero-order valence-corrected chi connectivity index (χ0v) is 59.1. The zero-order valence-electron chi connectivity index (χ0n) is 57.3. The zero-order chi connectivity index (χ0) is 65.4. The van der Waals surface area contributed by atoms with Gasteiger partial charge in [-0.1, -0.05) is 287 Å². The number of phosphoric acid groups is 2. The highest BCUT2D eigenvalue weighted by molar-refractivity contribution is 7.47. The van der Waals surface area contributed by atoms with Gasteiger partial charge >= 0.3 is 39.5 Å². The number of rotatable bonds is 66. The van der Waals surface area contributed by atoms with Crippen molar-refractivity contribution in [3.63, 3.8) is 0 Å². The monoisotopic (exact) mass is 1300 g/mol. The third-order valence-corrected chi connectivity index (χ3v) is 18.8. The van der Waals surface area contributed by atoms with Gasteiger partial charge < -0.3 is 33.8 Å². The van der Waals surface area contributed by atoms with Crippen LogP contribution < -0.4 is 0 Å². The molecule has 0 fully saturated rings. The van der Waals surface area contributed by atoms with Crippen LogP contribution >= 0.6 is 15.6 Å². The minimum Gasteiger partial charge on any atom is -0.462 e. The Hall–Kier alpha value is -1.94. The third-order valence-electron chi connectivity index (χ3n) is 16.9. The van der Waals surface area contributed by atoms with E-state index in [1.807, 2.05) is 0 Å². The predicted octanol–water partition coefficient (Wildman–Crippen LogP) is 19.3. The highest BCUT2D eigenvalue weighted by atomic mass is 31.2. The van der Waals surface area contributed by atoms with Crippen LogP contribution in [0.25, 0.3) is 0 Å². The second-order valence-corrected chi connectivity index (χ2v) is 29.0. The Bertz CT molecular complexity index is 1750. The summed E-state index contributed by atoms with van der Waals surface area (Å²) in [5, 5.41) is 10.6. The third kappa shape index (κ3) is 59.1. The number of ether oxygens (including phenoxy) is 4. The molecule has 19 heteroatoms. The minimum atomic E-state index is -4.95. The Kier molecular flexibility index (Phi) is 57.6. The summed E-state index contributed by atoms with van der Waals surface area (Å²) < 4.78 is 68.2. The fourth-order valence-corrected chi connectivity index (χ4v) is 11.8. The Balaban J connectivity index is 5.27. The van der Waals surface area contributed by atoms with Crippen LogP contribution in [0, 0.1) is 23.7 Å². The maximum absolute atomic E-state index is 13.0. The van der Waals surface area contributed by atoms with Crippen LogP contribution in [0.3, 0.4) is 0 Å². The molecule has 0 aromatic heterocycles. The molecule has 0 rings (SSSR count). The van der Waals surface area contributed by atoms with Crippen molar-refractivity contribution < 1.29 is 80.2 Å². The van der Waals surface area contributed by atoms with Crippen molar-refractivity contribution >= 4 is 39.5 Å². The number of carbonyl (C=O) groups is 4. The maximum atomic E-state index is 13.0. The second-order valence-electron chi connectivity index (χ2n) is 26.1. The summed E-state index contributed by atoms with van der Waals surface area (Å²) in [4.78, 5) is 72.5. The van der Waals surface area contributed by atoms with Gasteiger partial charge in [-0.05, 0) is 49.4 Å². The number of aliphatic hydroxyl groups is 1. The Labute approximate surface area is 537 Å². The summed E-state index contributed by atoms with van der Waals surface area (Å²) in [6.45, 7) is 14.1. The molecule has 17 nitrogen and oxygen atoms in total. The van der Waals surface area contributed by atoms with E-state index in [9.17, 15) is 43.2 Å². The number of hydrogen-bond acceptors (Lipinski definition) is 15. The van der Waals surface area contributed by atoms with Gasteiger partial charge in [0.25, 0.3) is 0 Å². The van der Waals surface area contributed by atoms with E-state index in [0.717, 1.165) is 120 Å². The fraction of sp³-hybridized carbons (Fsp3) is 0.942. The van der Waals surface area contributed by atoms with Crippen LogP contribution in [-0.2, 0) is 65.4 Å². The molecule has 522 valence electrons. The molecule has 88 heavy (non-hydrogen) atoms. The molecule has 0 aliphatic rings. The molecule has 0 bridgehead atoms. The molecule has 0 spiro atoms. The molecule has 0 aliphatic carbocycles. The summed E-state index contributed by atoms with van der Waals surface area (Å²) in [6, 6.07) is 0. The van der Waals surface area contributed by atoms with E-state index >= 15 is 0 Å². The molecular weight excluding hydrogens is 1160 g/mol. The summed E-state index contributed by atoms with van der Waals surface area (Å²) in [5.74, 6) is 0.892. The van der Waals surface area contributed by atoms with Gasteiger partial charge in [0.15, 0.2) is 12.2 Å². The van der Waals surface area contributed by atoms with Crippen molar-refractivity contribution in [3.05, 3.63) is 0 Å². The Morgan fingerprint density at radius 2 is 0.545 bits per heavy atom. The smallest absolute Gasteiger partial charge is 0.462 e. The standard InChI is InChI=1S/C69H134O17P2/c1-9-60(6)46-38-30-22-18-15-16-19-23-33-41-49-66(71)79-55-64(85-68(73)51-43-35-24-20-14-12-13-17-21-29-37-45-59(4)5)57-83-87(75,76)81-53-63(70)54-82-88(77,78)84-58-65(86-69(74)52-44-36-28-26-32-40-48-62(8)11-3)56-80-67(72)50-42-34-27-25-31-39-47-61(7)10-2/h59-65,70H,9-58H2,1-8H3,(H,75,76)(H,77,78)/t60?,61?,62?,63-,64-,65-/m1/s1. The van der Waals surface area contributed by atoms with Crippen LogP contribution in [0.2, 0.25) is 0 Å². The molecule has 0 radical (unpaired) electrons. The van der Waals surface area contributed by atoms with Gasteiger partial charge in [0.05, 0.1) is 26.4 Å². The van der Waals surface area contributed by atoms with Crippen molar-refractivity contribution in [3.8, 4) is 0 Å². The van der Waals surface area contributed by atoms with Crippen LogP contribution in [-0.4, -0.2) is 96.7 Å². The summed E-state index contributed by atoms with van der Waals surface area (Å²) >= 11 is 0. The average molecular weight is 1300 g/mol. The first-order valence-corrected chi connectivity index (χ1v) is 38.8. The lowest BCUT2D eigenvalue weighted by atomic mass is 9.99. The first kappa shape index (κ1) is 86.1. The summed E-state index contributed by atoms with van der Waals surface area (Å²) in [7, 11) is -9.90. The second kappa shape index (κ2) is 58.8. The first-order chi connectivity index (χ1) is 42.2. The van der Waals surface area contributed by atoms with Gasteiger partial charge in [0.1, 0.15) is 19.3 Å². The van der Waals surface area contributed by atoms with E-state index in [1.54, 1.807) is 0 Å². The molecule has 0 heterocycles. The molecule has 0 amide bonds. The van der Waals surface area contributed by atoms with E-state index in [4.69, 9.17) is 37.0 Å². The molecule has 8 atom stereocenters. The van der Waals surface area contributed by atoms with Gasteiger partial charge in [-0.2, -0.15) is 0 Å². The van der Waals surface area contributed by atoms with Crippen LogP contribution in [0.5, 0.6) is 0 Å². The molecule has 0 aliphatic heterocycles. The quantitative estimate of drug-likeness (QED) is 0.0222. The van der Waals surface area contributed by atoms with Gasteiger partial charge in [-0.25, -0.2) is 9.13 Å². The SMILES string of the molecule is CCC(C)CCCCCCCCCCCCC(=O)OC[C@H](COP(=O)(O)OC[C@@H](O)COP(=O)(O)OC[C@@H](COC(=O)CCCCCCCCC(C)CC)OC(=O)CCCCCCCCC(C)CC)OC(=O)CCCCCCCCCCCCCC(C)C. The van der Waals surface area contributed by atoms with E-state index in [1.165, 1.54) is 135 Å². The topological polar surface area (TPSA) is 237 Å². The largest absolute Gasteiger partial charge is 0.472 e. The Morgan fingerprint density at radius 3 is 0.807 bits per heavy atom. The fourth-order valence-electron chi connectivity index (χ4n) is 10.2. The molecule has 3 N–H and O–H groups in total. The lowest BCUT2D eigenvalue weighted by Gasteiger charge is -2.21. The number of hydrogen-bond donors (Lipinski definition) is 3. The minimum absolute atomic E-state index is 0.102. The molecule has 0 saturated carbocycles. The lowest BCUT2D eigenvalue weighted by molar-refractivity contribution is -0.161. The number of aliphatic hydroxyl groups excluding tert-OH is 1. The lowest BCUT2D eigenvalue weighted by Crippen LogP contribution is -2.30. The van der Waals surface area contributed by atoms with Crippen LogP contribution in [0.4, 0.5) is 0 Å². The van der Waals surface area contributed by atoms with Crippen molar-refractivity contribution in [2.24, 2.45) is 23.7 Å². The maximum Gasteiger partial charge on any atom is 0.472 e. The van der Waals surface area contributed by atoms with Gasteiger partial charge in [-0.15, -0.1) is 0 Å². The highest BCUT2D eigenvalue weighted by Gasteiger charge is 2.30. The number of esters is 4. The van der Waals surface area contributed by atoms with E-state index in [-0.39, 0.29) is 25.7 Å². The van der Waals surface area contributed by atoms with E-state index in [0.29, 0.717) is 25.7 Å². The number of carbonyl (C=O) groups excluding carboxylic acids is 4. The highest BCUT2D eigenvalue weighted by Crippen LogP contribution is 2.45. The first-order valence-electron chi connectivity index (χ1n) is 35.8.